The van der Waals surface area contributed by atoms with Gasteiger partial charge in [-0.05, 0) is 55.0 Å². The largest absolute Gasteiger partial charge is 0.454 e. The van der Waals surface area contributed by atoms with Crippen LogP contribution in [0.1, 0.15) is 40.7 Å². The number of Topliss-reactive ketones (excluding diaryl/α,β-unsaturated/α-hetero) is 1. The van der Waals surface area contributed by atoms with Gasteiger partial charge in [0.15, 0.2) is 17.3 Å². The minimum atomic E-state index is -0.808. The Morgan fingerprint density at radius 2 is 1.86 bits per heavy atom. The highest BCUT2D eigenvalue weighted by Gasteiger charge is 2.37. The van der Waals surface area contributed by atoms with Crippen LogP contribution in [0.2, 0.25) is 0 Å². The first-order chi connectivity index (χ1) is 14.0. The van der Waals surface area contributed by atoms with Crippen LogP contribution >= 0.6 is 15.9 Å². The van der Waals surface area contributed by atoms with E-state index in [1.54, 1.807) is 0 Å². The molecule has 2 aliphatic heterocycles. The molecule has 0 amide bonds. The maximum atomic E-state index is 13.1. The van der Waals surface area contributed by atoms with Crippen LogP contribution in [0, 0.1) is 5.92 Å². The number of hydrogen-bond acceptors (Lipinski definition) is 5. The van der Waals surface area contributed by atoms with Crippen molar-refractivity contribution < 1.29 is 19.4 Å². The highest BCUT2D eigenvalue weighted by Crippen LogP contribution is 2.40. The summed E-state index contributed by atoms with van der Waals surface area (Å²) in [5.41, 5.74) is 2.00. The third kappa shape index (κ3) is 3.47. The number of aryl methyl sites for hydroxylation is 1. The molecule has 0 bridgehead atoms. The standard InChI is InChI=1S/C23H24BrNO4/c24-19-4-2-1-3-18(19)23(27)7-9-25(10-8-23)13-16-6-5-15-11-20-21(29-14-28-20)12-17(15)22(16)26/h1-4,11-12,16,27H,5-10,13-14H2. The van der Waals surface area contributed by atoms with Crippen molar-refractivity contribution in [1.82, 2.24) is 4.90 Å². The molecular formula is C23H24BrNO4. The molecule has 0 radical (unpaired) electrons. The van der Waals surface area contributed by atoms with Crippen LogP contribution in [-0.4, -0.2) is 42.2 Å². The van der Waals surface area contributed by atoms with Gasteiger partial charge >= 0.3 is 0 Å². The number of piperidine rings is 1. The first-order valence-electron chi connectivity index (χ1n) is 10.2. The first-order valence-corrected chi connectivity index (χ1v) is 11.0. The van der Waals surface area contributed by atoms with Crippen LogP contribution in [0.5, 0.6) is 11.5 Å². The van der Waals surface area contributed by atoms with Gasteiger partial charge in [0.1, 0.15) is 0 Å². The number of aliphatic hydroxyl groups is 1. The molecule has 0 aromatic heterocycles. The molecule has 2 aromatic rings. The number of benzene rings is 2. The van der Waals surface area contributed by atoms with Crippen molar-refractivity contribution in [3.05, 3.63) is 57.6 Å². The summed E-state index contributed by atoms with van der Waals surface area (Å²) in [7, 11) is 0. The number of carbonyl (C=O) groups excluding carboxylic acids is 1. The summed E-state index contributed by atoms with van der Waals surface area (Å²) in [6.45, 7) is 2.55. The maximum absolute atomic E-state index is 13.1. The summed E-state index contributed by atoms with van der Waals surface area (Å²) in [6.07, 6.45) is 3.09. The van der Waals surface area contributed by atoms with E-state index in [-0.39, 0.29) is 18.5 Å². The van der Waals surface area contributed by atoms with Crippen LogP contribution in [0.15, 0.2) is 40.9 Å². The lowest BCUT2D eigenvalue weighted by atomic mass is 9.80. The highest BCUT2D eigenvalue weighted by atomic mass is 79.9. The summed E-state index contributed by atoms with van der Waals surface area (Å²) in [5.74, 6) is 1.63. The summed E-state index contributed by atoms with van der Waals surface area (Å²) in [6, 6.07) is 11.7. The van der Waals surface area contributed by atoms with Crippen molar-refractivity contribution >= 4 is 21.7 Å². The van der Waals surface area contributed by atoms with E-state index in [4.69, 9.17) is 9.47 Å². The zero-order valence-electron chi connectivity index (χ0n) is 16.2. The van der Waals surface area contributed by atoms with Gasteiger partial charge in [0.2, 0.25) is 6.79 Å². The fourth-order valence-electron chi connectivity index (χ4n) is 4.80. The van der Waals surface area contributed by atoms with Gasteiger partial charge in [0, 0.05) is 35.6 Å². The van der Waals surface area contributed by atoms with Gasteiger partial charge in [-0.2, -0.15) is 0 Å². The van der Waals surface area contributed by atoms with Gasteiger partial charge in [0.05, 0.1) is 5.60 Å². The van der Waals surface area contributed by atoms with Gasteiger partial charge in [0.25, 0.3) is 0 Å². The molecule has 2 heterocycles. The minimum Gasteiger partial charge on any atom is -0.454 e. The number of ketones is 1. The van der Waals surface area contributed by atoms with Crippen LogP contribution < -0.4 is 9.47 Å². The topological polar surface area (TPSA) is 59.0 Å². The van der Waals surface area contributed by atoms with Crippen LogP contribution in [0.3, 0.4) is 0 Å². The molecule has 1 saturated heterocycles. The summed E-state index contributed by atoms with van der Waals surface area (Å²) in [4.78, 5) is 15.4. The average molecular weight is 458 g/mol. The quantitative estimate of drug-likeness (QED) is 0.756. The average Bonchev–Trinajstić information content (AvgIpc) is 3.18. The van der Waals surface area contributed by atoms with E-state index in [1.165, 1.54) is 0 Å². The monoisotopic (exact) mass is 457 g/mol. The first kappa shape index (κ1) is 19.1. The van der Waals surface area contributed by atoms with E-state index < -0.39 is 5.60 Å². The predicted octanol–water partition coefficient (Wildman–Crippen LogP) is 3.91. The smallest absolute Gasteiger partial charge is 0.231 e. The number of hydrogen-bond donors (Lipinski definition) is 1. The highest BCUT2D eigenvalue weighted by molar-refractivity contribution is 9.10. The van der Waals surface area contributed by atoms with Crippen molar-refractivity contribution in [2.24, 2.45) is 5.92 Å². The van der Waals surface area contributed by atoms with E-state index in [1.807, 2.05) is 36.4 Å². The number of nitrogens with zero attached hydrogens (tertiary/aromatic N) is 1. The van der Waals surface area contributed by atoms with Crippen molar-refractivity contribution in [3.8, 4) is 11.5 Å². The van der Waals surface area contributed by atoms with Crippen molar-refractivity contribution in [1.29, 1.82) is 0 Å². The molecule has 152 valence electrons. The number of carbonyl (C=O) groups is 1. The Bertz CT molecular complexity index is 952. The van der Waals surface area contributed by atoms with E-state index in [9.17, 15) is 9.90 Å². The summed E-state index contributed by atoms with van der Waals surface area (Å²) >= 11 is 3.57. The Morgan fingerprint density at radius 1 is 1.14 bits per heavy atom. The lowest BCUT2D eigenvalue weighted by molar-refractivity contribution is -0.0288. The molecule has 2 aromatic carbocycles. The molecule has 1 atom stereocenters. The Hall–Kier alpha value is -1.89. The fourth-order valence-corrected chi connectivity index (χ4v) is 5.45. The van der Waals surface area contributed by atoms with Crippen LogP contribution in [0.25, 0.3) is 0 Å². The Morgan fingerprint density at radius 3 is 2.62 bits per heavy atom. The van der Waals surface area contributed by atoms with E-state index in [0.717, 1.165) is 59.4 Å². The van der Waals surface area contributed by atoms with Gasteiger partial charge in [-0.25, -0.2) is 0 Å². The van der Waals surface area contributed by atoms with E-state index in [0.29, 0.717) is 18.6 Å². The number of likely N-dealkylation sites (tertiary alicyclic amines) is 1. The molecular weight excluding hydrogens is 434 g/mol. The zero-order chi connectivity index (χ0) is 20.0. The molecule has 1 aliphatic carbocycles. The minimum absolute atomic E-state index is 0.00229. The number of halogens is 1. The number of ether oxygens (including phenoxy) is 2. The second-order valence-corrected chi connectivity index (χ2v) is 9.13. The molecule has 1 fully saturated rings. The molecule has 5 rings (SSSR count). The molecule has 1 unspecified atom stereocenters. The Kier molecular flexibility index (Phi) is 4.88. The molecule has 0 spiro atoms. The summed E-state index contributed by atoms with van der Waals surface area (Å²) in [5, 5.41) is 11.2. The molecule has 3 aliphatic rings. The SMILES string of the molecule is O=C1c2cc3c(cc2CCC1CN1CCC(O)(c2ccccc2Br)CC1)OCO3. The molecule has 1 N–H and O–H groups in total. The van der Waals surface area contributed by atoms with Gasteiger partial charge in [-0.3, -0.25) is 4.79 Å². The predicted molar refractivity (Wildman–Crippen MR) is 112 cm³/mol. The lowest BCUT2D eigenvalue weighted by Gasteiger charge is -2.40. The molecule has 29 heavy (non-hydrogen) atoms. The van der Waals surface area contributed by atoms with Crippen LogP contribution in [0.4, 0.5) is 0 Å². The van der Waals surface area contributed by atoms with Crippen molar-refractivity contribution in [2.45, 2.75) is 31.3 Å². The second-order valence-electron chi connectivity index (χ2n) is 8.27. The van der Waals surface area contributed by atoms with Crippen molar-refractivity contribution in [3.63, 3.8) is 0 Å². The molecule has 5 nitrogen and oxygen atoms in total. The van der Waals surface area contributed by atoms with Crippen molar-refractivity contribution in [2.75, 3.05) is 26.4 Å². The third-order valence-corrected chi connectivity index (χ3v) is 7.23. The molecule has 0 saturated carbocycles. The van der Waals surface area contributed by atoms with Gasteiger partial charge < -0.3 is 19.5 Å². The Labute approximate surface area is 178 Å². The zero-order valence-corrected chi connectivity index (χ0v) is 17.8. The maximum Gasteiger partial charge on any atom is 0.231 e. The fraction of sp³-hybridized carbons (Fsp3) is 0.435. The normalized spacial score (nSPS) is 23.1. The Balaban J connectivity index is 1.26. The summed E-state index contributed by atoms with van der Waals surface area (Å²) < 4.78 is 11.9. The van der Waals surface area contributed by atoms with Gasteiger partial charge in [-0.1, -0.05) is 34.1 Å². The van der Waals surface area contributed by atoms with E-state index >= 15 is 0 Å². The third-order valence-electron chi connectivity index (χ3n) is 6.53. The second kappa shape index (κ2) is 7.42. The molecule has 6 heteroatoms. The van der Waals surface area contributed by atoms with Crippen LogP contribution in [-0.2, 0) is 12.0 Å². The van der Waals surface area contributed by atoms with Gasteiger partial charge in [-0.15, -0.1) is 0 Å². The number of fused-ring (bicyclic) bond motifs is 2. The lowest BCUT2D eigenvalue weighted by Crippen LogP contribution is -2.45. The van der Waals surface area contributed by atoms with E-state index in [2.05, 4.69) is 20.8 Å². The number of rotatable bonds is 3.